The zero-order valence-corrected chi connectivity index (χ0v) is 11.3. The number of hydrogen-bond donors (Lipinski definition) is 1. The van der Waals surface area contributed by atoms with Crippen LogP contribution in [0.2, 0.25) is 0 Å². The lowest BCUT2D eigenvalue weighted by molar-refractivity contribution is 0.0936. The minimum absolute atomic E-state index is 0.0390. The van der Waals surface area contributed by atoms with E-state index in [0.29, 0.717) is 11.5 Å². The minimum atomic E-state index is -0.0390. The van der Waals surface area contributed by atoms with Crippen molar-refractivity contribution in [2.45, 2.75) is 19.3 Å². The molecule has 0 aliphatic carbocycles. The third-order valence-electron chi connectivity index (χ3n) is 3.69. The molecule has 0 saturated carbocycles. The topological polar surface area (TPSA) is 45.5 Å². The van der Waals surface area contributed by atoms with Crippen LogP contribution in [0.5, 0.6) is 0 Å². The lowest BCUT2D eigenvalue weighted by Gasteiger charge is -2.31. The summed E-state index contributed by atoms with van der Waals surface area (Å²) in [6.45, 7) is 7.87. The van der Waals surface area contributed by atoms with Crippen LogP contribution >= 0.6 is 0 Å². The van der Waals surface area contributed by atoms with E-state index in [-0.39, 0.29) is 5.91 Å². The summed E-state index contributed by atoms with van der Waals surface area (Å²) in [5.74, 6) is 0.554. The summed E-state index contributed by atoms with van der Waals surface area (Å²) in [5.41, 5.74) is 0.600. The molecule has 1 N–H and O–H groups in total. The van der Waals surface area contributed by atoms with Crippen molar-refractivity contribution < 1.29 is 9.21 Å². The van der Waals surface area contributed by atoms with Crippen LogP contribution in [0.3, 0.4) is 0 Å². The molecule has 1 aliphatic heterocycles. The summed E-state index contributed by atoms with van der Waals surface area (Å²) in [4.78, 5) is 14.2. The fourth-order valence-corrected chi connectivity index (χ4v) is 2.42. The Balaban J connectivity index is 1.66. The van der Waals surface area contributed by atoms with Gasteiger partial charge in [0.1, 0.15) is 6.26 Å². The first-order valence-corrected chi connectivity index (χ1v) is 6.93. The van der Waals surface area contributed by atoms with E-state index in [0.717, 1.165) is 45.4 Å². The molecule has 0 spiro atoms. The van der Waals surface area contributed by atoms with Crippen LogP contribution in [0.15, 0.2) is 35.7 Å². The Bertz CT molecular complexity index is 392. The molecule has 1 aromatic heterocycles. The second-order valence-corrected chi connectivity index (χ2v) is 5.08. The fraction of sp³-hybridized carbons (Fsp3) is 0.533. The maximum atomic E-state index is 11.8. The highest BCUT2D eigenvalue weighted by Gasteiger charge is 2.19. The highest BCUT2D eigenvalue weighted by molar-refractivity contribution is 5.93. The van der Waals surface area contributed by atoms with Crippen molar-refractivity contribution in [2.24, 2.45) is 5.92 Å². The number of nitrogens with zero attached hydrogens (tertiary/aromatic N) is 1. The van der Waals surface area contributed by atoms with Gasteiger partial charge in [-0.2, -0.15) is 0 Å². The predicted molar refractivity (Wildman–Crippen MR) is 75.0 cm³/mol. The molecule has 1 fully saturated rings. The van der Waals surface area contributed by atoms with E-state index in [4.69, 9.17) is 4.42 Å². The van der Waals surface area contributed by atoms with Crippen molar-refractivity contribution in [3.05, 3.63) is 36.8 Å². The van der Waals surface area contributed by atoms with Gasteiger partial charge in [-0.1, -0.05) is 6.08 Å². The normalized spacial score (nSPS) is 17.3. The second kappa shape index (κ2) is 7.14. The van der Waals surface area contributed by atoms with E-state index in [1.165, 1.54) is 12.5 Å². The van der Waals surface area contributed by atoms with E-state index >= 15 is 0 Å². The van der Waals surface area contributed by atoms with Gasteiger partial charge in [-0.15, -0.1) is 6.58 Å². The molecule has 0 bridgehead atoms. The molecule has 104 valence electrons. The Morgan fingerprint density at radius 3 is 2.95 bits per heavy atom. The molecule has 1 saturated heterocycles. The minimum Gasteiger partial charge on any atom is -0.472 e. The van der Waals surface area contributed by atoms with E-state index in [9.17, 15) is 4.79 Å². The highest BCUT2D eigenvalue weighted by atomic mass is 16.3. The smallest absolute Gasteiger partial charge is 0.254 e. The second-order valence-electron chi connectivity index (χ2n) is 5.08. The lowest BCUT2D eigenvalue weighted by atomic mass is 9.96. The maximum absolute atomic E-state index is 11.8. The average Bonchev–Trinajstić information content (AvgIpc) is 2.98. The molecule has 4 nitrogen and oxygen atoms in total. The monoisotopic (exact) mass is 262 g/mol. The Kier molecular flexibility index (Phi) is 5.21. The molecule has 0 aromatic carbocycles. The van der Waals surface area contributed by atoms with Crippen LogP contribution in [0.4, 0.5) is 0 Å². The zero-order chi connectivity index (χ0) is 13.5. The van der Waals surface area contributed by atoms with Gasteiger partial charge < -0.3 is 14.6 Å². The molecule has 19 heavy (non-hydrogen) atoms. The van der Waals surface area contributed by atoms with Gasteiger partial charge >= 0.3 is 0 Å². The lowest BCUT2D eigenvalue weighted by Crippen LogP contribution is -2.38. The summed E-state index contributed by atoms with van der Waals surface area (Å²) >= 11 is 0. The van der Waals surface area contributed by atoms with Gasteiger partial charge in [0.25, 0.3) is 5.91 Å². The van der Waals surface area contributed by atoms with E-state index in [1.807, 2.05) is 6.08 Å². The van der Waals surface area contributed by atoms with E-state index in [1.54, 1.807) is 6.07 Å². The number of piperidine rings is 1. The van der Waals surface area contributed by atoms with Crippen molar-refractivity contribution in [1.29, 1.82) is 0 Å². The first kappa shape index (κ1) is 13.9. The van der Waals surface area contributed by atoms with Crippen molar-refractivity contribution >= 4 is 5.91 Å². The third-order valence-corrected chi connectivity index (χ3v) is 3.69. The molecule has 1 amide bonds. The molecule has 1 aliphatic rings. The highest BCUT2D eigenvalue weighted by Crippen LogP contribution is 2.16. The van der Waals surface area contributed by atoms with Crippen molar-refractivity contribution in [2.75, 3.05) is 26.2 Å². The maximum Gasteiger partial charge on any atom is 0.254 e. The van der Waals surface area contributed by atoms with Crippen LogP contribution < -0.4 is 5.32 Å². The van der Waals surface area contributed by atoms with E-state index < -0.39 is 0 Å². The Hall–Kier alpha value is -1.55. The van der Waals surface area contributed by atoms with E-state index in [2.05, 4.69) is 16.8 Å². The van der Waals surface area contributed by atoms with Crippen molar-refractivity contribution in [3.63, 3.8) is 0 Å². The van der Waals surface area contributed by atoms with Gasteiger partial charge in [0, 0.05) is 13.1 Å². The number of carbonyl (C=O) groups is 1. The molecular formula is C15H22N2O2. The summed E-state index contributed by atoms with van der Waals surface area (Å²) in [7, 11) is 0. The van der Waals surface area contributed by atoms with Gasteiger partial charge in [0.15, 0.2) is 0 Å². The van der Waals surface area contributed by atoms with Gasteiger partial charge in [0.05, 0.1) is 11.8 Å². The predicted octanol–water partition coefficient (Wildman–Crippen LogP) is 2.30. The Morgan fingerprint density at radius 1 is 1.53 bits per heavy atom. The quantitative estimate of drug-likeness (QED) is 0.800. The molecular weight excluding hydrogens is 240 g/mol. The number of nitrogens with one attached hydrogen (secondary N) is 1. The first-order valence-electron chi connectivity index (χ1n) is 6.93. The van der Waals surface area contributed by atoms with Gasteiger partial charge in [-0.05, 0) is 44.3 Å². The molecule has 0 atom stereocenters. The summed E-state index contributed by atoms with van der Waals surface area (Å²) in [6, 6.07) is 1.69. The van der Waals surface area contributed by atoms with Crippen LogP contribution in [0, 0.1) is 5.92 Å². The number of hydrogen-bond acceptors (Lipinski definition) is 3. The standard InChI is InChI=1S/C15H22N2O2/c1-2-3-7-17-8-4-13(5-9-17)11-16-15(18)14-6-10-19-12-14/h2,6,10,12-13H,1,3-5,7-9,11H2,(H,16,18). The van der Waals surface area contributed by atoms with Gasteiger partial charge in [0.2, 0.25) is 0 Å². The first-order chi connectivity index (χ1) is 9.29. The number of furan rings is 1. The molecule has 0 unspecified atom stereocenters. The largest absolute Gasteiger partial charge is 0.472 e. The summed E-state index contributed by atoms with van der Waals surface area (Å²) in [6.07, 6.45) is 8.34. The van der Waals surface area contributed by atoms with Gasteiger partial charge in [-0.25, -0.2) is 0 Å². The third kappa shape index (κ3) is 4.24. The number of likely N-dealkylation sites (tertiary alicyclic amines) is 1. The van der Waals surface area contributed by atoms with Crippen LogP contribution in [0.25, 0.3) is 0 Å². The van der Waals surface area contributed by atoms with Crippen LogP contribution in [-0.4, -0.2) is 37.0 Å². The molecule has 4 heteroatoms. The number of amides is 1. The number of rotatable bonds is 6. The zero-order valence-electron chi connectivity index (χ0n) is 11.3. The van der Waals surface area contributed by atoms with Gasteiger partial charge in [-0.3, -0.25) is 4.79 Å². The Morgan fingerprint density at radius 2 is 2.32 bits per heavy atom. The van der Waals surface area contributed by atoms with Crippen molar-refractivity contribution in [3.8, 4) is 0 Å². The Labute approximate surface area is 114 Å². The molecule has 2 heterocycles. The molecule has 1 aromatic rings. The number of carbonyl (C=O) groups excluding carboxylic acids is 1. The van der Waals surface area contributed by atoms with Crippen LogP contribution in [0.1, 0.15) is 29.6 Å². The summed E-state index contributed by atoms with van der Waals surface area (Å²) in [5, 5.41) is 2.98. The van der Waals surface area contributed by atoms with Crippen LogP contribution in [-0.2, 0) is 0 Å². The summed E-state index contributed by atoms with van der Waals surface area (Å²) < 4.78 is 4.90. The SMILES string of the molecule is C=CCCN1CCC(CNC(=O)c2ccoc2)CC1. The fourth-order valence-electron chi connectivity index (χ4n) is 2.42. The van der Waals surface area contributed by atoms with Crippen molar-refractivity contribution in [1.82, 2.24) is 10.2 Å². The molecule has 2 rings (SSSR count). The molecule has 0 radical (unpaired) electrons. The average molecular weight is 262 g/mol.